The smallest absolute Gasteiger partial charge is 0.437 e. The van der Waals surface area contributed by atoms with E-state index in [0.29, 0.717) is 11.3 Å². The summed E-state index contributed by atoms with van der Waals surface area (Å²) in [6, 6.07) is 16.3. The lowest BCUT2D eigenvalue weighted by molar-refractivity contribution is -0.154. The van der Waals surface area contributed by atoms with Gasteiger partial charge < -0.3 is 14.5 Å². The molecule has 156 valence electrons. The number of ether oxygens (including phenoxy) is 1. The van der Waals surface area contributed by atoms with Crippen LogP contribution in [-0.4, -0.2) is 27.8 Å². The highest BCUT2D eigenvalue weighted by Gasteiger charge is 2.21. The number of hydrogen-bond acceptors (Lipinski definition) is 6. The van der Waals surface area contributed by atoms with Crippen molar-refractivity contribution in [3.05, 3.63) is 70.7 Å². The topological polar surface area (TPSA) is 103 Å². The molecule has 1 heterocycles. The number of amides is 1. The molecule has 0 saturated carbocycles. The van der Waals surface area contributed by atoms with Crippen LogP contribution in [0.1, 0.15) is 32.3 Å². The molecular weight excluding hydrogens is 386 g/mol. The molecule has 1 N–H and O–H groups in total. The van der Waals surface area contributed by atoms with Crippen LogP contribution in [0.25, 0.3) is 11.5 Å². The van der Waals surface area contributed by atoms with Gasteiger partial charge in [-0.3, -0.25) is 9.59 Å². The predicted octanol–water partition coefficient (Wildman–Crippen LogP) is 3.20. The lowest BCUT2D eigenvalue weighted by Crippen LogP contribution is -2.32. The number of anilines is 1. The van der Waals surface area contributed by atoms with E-state index in [1.54, 1.807) is 30.3 Å². The van der Waals surface area contributed by atoms with E-state index in [0.717, 1.165) is 10.2 Å². The molecule has 0 aliphatic heterocycles. The Labute approximate surface area is 173 Å². The lowest BCUT2D eigenvalue weighted by Gasteiger charge is -2.17. The number of nitrogens with one attached hydrogen (secondary N) is 1. The van der Waals surface area contributed by atoms with Gasteiger partial charge in [-0.1, -0.05) is 50.2 Å². The fraction of sp³-hybridized carbons (Fsp3) is 0.273. The minimum Gasteiger partial charge on any atom is -0.451 e. The number of esters is 1. The van der Waals surface area contributed by atoms with Crippen LogP contribution >= 0.6 is 0 Å². The molecule has 0 radical (unpaired) electrons. The largest absolute Gasteiger partial charge is 0.451 e. The van der Waals surface area contributed by atoms with Crippen LogP contribution in [0.3, 0.4) is 0 Å². The first-order valence-electron chi connectivity index (χ1n) is 9.57. The standard InChI is InChI=1S/C22H23N3O5/c1-14(2)17-11-7-8-12-18(17)23-20(27)15(3)29-19(26)13-25-22(28)30-21(24-25)16-9-5-4-6-10-16/h4-12,14-15H,13H2,1-3H3,(H,23,27)/t15-/m0/s1. The molecule has 0 aliphatic carbocycles. The van der Waals surface area contributed by atoms with Gasteiger partial charge in [0.25, 0.3) is 5.91 Å². The van der Waals surface area contributed by atoms with Crippen LogP contribution in [0.15, 0.2) is 63.8 Å². The first-order chi connectivity index (χ1) is 14.3. The highest BCUT2D eigenvalue weighted by Crippen LogP contribution is 2.23. The van der Waals surface area contributed by atoms with Gasteiger partial charge in [0, 0.05) is 11.3 Å². The SMILES string of the molecule is CC(C)c1ccccc1NC(=O)[C@H](C)OC(=O)Cn1nc(-c2ccccc2)oc1=O. The Morgan fingerprint density at radius 3 is 2.43 bits per heavy atom. The molecule has 0 spiro atoms. The van der Waals surface area contributed by atoms with Crippen molar-refractivity contribution in [1.29, 1.82) is 0 Å². The minimum absolute atomic E-state index is 0.101. The number of hydrogen-bond donors (Lipinski definition) is 1. The first-order valence-corrected chi connectivity index (χ1v) is 9.57. The summed E-state index contributed by atoms with van der Waals surface area (Å²) >= 11 is 0. The average molecular weight is 409 g/mol. The normalized spacial score (nSPS) is 11.9. The zero-order chi connectivity index (χ0) is 21.7. The van der Waals surface area contributed by atoms with E-state index < -0.39 is 30.3 Å². The monoisotopic (exact) mass is 409 g/mol. The number of aromatic nitrogens is 2. The van der Waals surface area contributed by atoms with Crippen LogP contribution in [0.4, 0.5) is 5.69 Å². The third kappa shape index (κ3) is 5.02. The molecule has 8 nitrogen and oxygen atoms in total. The molecule has 3 rings (SSSR count). The van der Waals surface area contributed by atoms with Crippen molar-refractivity contribution in [2.75, 3.05) is 5.32 Å². The summed E-state index contributed by atoms with van der Waals surface area (Å²) in [5.74, 6) is -1.70. The average Bonchev–Trinajstić information content (AvgIpc) is 3.09. The molecule has 3 aromatic rings. The van der Waals surface area contributed by atoms with Gasteiger partial charge in [0.2, 0.25) is 5.89 Å². The quantitative estimate of drug-likeness (QED) is 0.601. The fourth-order valence-electron chi connectivity index (χ4n) is 2.86. The fourth-order valence-corrected chi connectivity index (χ4v) is 2.86. The molecule has 0 fully saturated rings. The third-order valence-electron chi connectivity index (χ3n) is 4.42. The van der Waals surface area contributed by atoms with Gasteiger partial charge in [-0.2, -0.15) is 4.68 Å². The van der Waals surface area contributed by atoms with E-state index in [4.69, 9.17) is 9.15 Å². The lowest BCUT2D eigenvalue weighted by atomic mass is 10.0. The number of para-hydroxylation sites is 1. The van der Waals surface area contributed by atoms with Crippen LogP contribution in [0.5, 0.6) is 0 Å². The molecule has 0 aliphatic rings. The summed E-state index contributed by atoms with van der Waals surface area (Å²) < 4.78 is 11.1. The Balaban J connectivity index is 1.62. The van der Waals surface area contributed by atoms with Gasteiger partial charge in [-0.25, -0.2) is 4.79 Å². The van der Waals surface area contributed by atoms with E-state index in [2.05, 4.69) is 10.4 Å². The highest BCUT2D eigenvalue weighted by molar-refractivity contribution is 5.95. The molecule has 0 bridgehead atoms. The molecular formula is C22H23N3O5. The Morgan fingerprint density at radius 2 is 1.73 bits per heavy atom. The Morgan fingerprint density at radius 1 is 1.07 bits per heavy atom. The minimum atomic E-state index is -1.05. The maximum Gasteiger partial charge on any atom is 0.437 e. The molecule has 8 heteroatoms. The van der Waals surface area contributed by atoms with Gasteiger partial charge >= 0.3 is 11.7 Å². The van der Waals surface area contributed by atoms with Crippen molar-refractivity contribution >= 4 is 17.6 Å². The van der Waals surface area contributed by atoms with Crippen molar-refractivity contribution in [3.8, 4) is 11.5 Å². The first kappa shape index (κ1) is 21.0. The second kappa shape index (κ2) is 9.21. The molecule has 30 heavy (non-hydrogen) atoms. The Kier molecular flexibility index (Phi) is 6.46. The molecule has 0 saturated heterocycles. The molecule has 0 unspecified atom stereocenters. The third-order valence-corrected chi connectivity index (χ3v) is 4.42. The number of carbonyl (C=O) groups is 2. The second-order valence-corrected chi connectivity index (χ2v) is 7.06. The summed E-state index contributed by atoms with van der Waals surface area (Å²) in [5.41, 5.74) is 2.26. The van der Waals surface area contributed by atoms with Crippen LogP contribution in [-0.2, 0) is 20.9 Å². The van der Waals surface area contributed by atoms with Crippen molar-refractivity contribution < 1.29 is 18.7 Å². The molecule has 1 aromatic heterocycles. The van der Waals surface area contributed by atoms with Crippen LogP contribution in [0.2, 0.25) is 0 Å². The van der Waals surface area contributed by atoms with Crippen molar-refractivity contribution in [2.24, 2.45) is 0 Å². The summed E-state index contributed by atoms with van der Waals surface area (Å²) in [5, 5.41) is 6.79. The maximum absolute atomic E-state index is 12.4. The van der Waals surface area contributed by atoms with Gasteiger partial charge in [0.05, 0.1) is 0 Å². The molecule has 1 atom stereocenters. The van der Waals surface area contributed by atoms with E-state index in [1.807, 2.05) is 38.1 Å². The van der Waals surface area contributed by atoms with E-state index in [-0.39, 0.29) is 11.8 Å². The van der Waals surface area contributed by atoms with E-state index in [9.17, 15) is 14.4 Å². The van der Waals surface area contributed by atoms with Crippen molar-refractivity contribution in [1.82, 2.24) is 9.78 Å². The highest BCUT2D eigenvalue weighted by atomic mass is 16.5. The van der Waals surface area contributed by atoms with Crippen molar-refractivity contribution in [2.45, 2.75) is 39.3 Å². The van der Waals surface area contributed by atoms with E-state index >= 15 is 0 Å². The van der Waals surface area contributed by atoms with Gasteiger partial charge in [0.1, 0.15) is 6.54 Å². The zero-order valence-corrected chi connectivity index (χ0v) is 17.0. The number of nitrogens with zero attached hydrogens (tertiary/aromatic N) is 2. The van der Waals surface area contributed by atoms with Gasteiger partial charge in [-0.15, -0.1) is 5.10 Å². The molecule has 2 aromatic carbocycles. The summed E-state index contributed by atoms with van der Waals surface area (Å²) in [6.07, 6.45) is -1.05. The summed E-state index contributed by atoms with van der Waals surface area (Å²) in [7, 11) is 0. The number of rotatable bonds is 7. The molecule has 1 amide bonds. The van der Waals surface area contributed by atoms with Crippen LogP contribution in [0, 0.1) is 0 Å². The predicted molar refractivity (Wildman–Crippen MR) is 111 cm³/mol. The maximum atomic E-state index is 12.4. The van der Waals surface area contributed by atoms with Gasteiger partial charge in [0.15, 0.2) is 6.10 Å². The number of benzene rings is 2. The summed E-state index contributed by atoms with van der Waals surface area (Å²) in [4.78, 5) is 36.6. The van der Waals surface area contributed by atoms with Gasteiger partial charge in [-0.05, 0) is 36.6 Å². The Bertz CT molecular complexity index is 1090. The summed E-state index contributed by atoms with van der Waals surface area (Å²) in [6.45, 7) is 5.04. The zero-order valence-electron chi connectivity index (χ0n) is 17.0. The second-order valence-electron chi connectivity index (χ2n) is 7.06. The number of carbonyl (C=O) groups excluding carboxylic acids is 2. The Hall–Kier alpha value is -3.68. The van der Waals surface area contributed by atoms with Crippen LogP contribution < -0.4 is 11.1 Å². The van der Waals surface area contributed by atoms with Crippen molar-refractivity contribution in [3.63, 3.8) is 0 Å². The van der Waals surface area contributed by atoms with E-state index in [1.165, 1.54) is 6.92 Å².